The first-order chi connectivity index (χ1) is 12.5. The summed E-state index contributed by atoms with van der Waals surface area (Å²) in [7, 11) is 0. The Morgan fingerprint density at radius 3 is 3.08 bits per heavy atom. The molecule has 1 saturated heterocycles. The largest absolute Gasteiger partial charge is 0.423 e. The van der Waals surface area contributed by atoms with Crippen LogP contribution in [0.5, 0.6) is 0 Å². The number of anilines is 1. The summed E-state index contributed by atoms with van der Waals surface area (Å²) in [5.41, 5.74) is 0.691. The van der Waals surface area contributed by atoms with Crippen molar-refractivity contribution in [2.24, 2.45) is 0 Å². The highest BCUT2D eigenvalue weighted by Gasteiger charge is 2.37. The molecule has 1 aromatic heterocycles. The predicted molar refractivity (Wildman–Crippen MR) is 97.1 cm³/mol. The van der Waals surface area contributed by atoms with Crippen LogP contribution in [0.2, 0.25) is 5.02 Å². The molecule has 1 N–H and O–H groups in total. The molecule has 0 bridgehead atoms. The lowest BCUT2D eigenvalue weighted by Gasteiger charge is -2.27. The van der Waals surface area contributed by atoms with E-state index in [4.69, 9.17) is 16.0 Å². The molecule has 0 unspecified atom stereocenters. The predicted octanol–water partition coefficient (Wildman–Crippen LogP) is 3.20. The van der Waals surface area contributed by atoms with Crippen molar-refractivity contribution in [1.82, 2.24) is 15.1 Å². The number of carbonyl (C=O) groups is 2. The van der Waals surface area contributed by atoms with Crippen molar-refractivity contribution in [3.05, 3.63) is 35.0 Å². The molecule has 2 atom stereocenters. The summed E-state index contributed by atoms with van der Waals surface area (Å²) >= 11 is 7.36. The Labute approximate surface area is 159 Å². The van der Waals surface area contributed by atoms with Crippen LogP contribution in [-0.4, -0.2) is 38.7 Å². The second-order valence-corrected chi connectivity index (χ2v) is 8.03. The number of benzene rings is 1. The van der Waals surface area contributed by atoms with E-state index in [1.807, 2.05) is 6.07 Å². The van der Waals surface area contributed by atoms with Gasteiger partial charge in [0, 0.05) is 29.8 Å². The van der Waals surface area contributed by atoms with E-state index in [9.17, 15) is 9.59 Å². The number of hydrogen-bond donors (Lipinski definition) is 1. The molecular weight excluding hydrogens is 376 g/mol. The number of fused-ring (bicyclic) bond motifs is 1. The van der Waals surface area contributed by atoms with E-state index in [1.54, 1.807) is 24.0 Å². The van der Waals surface area contributed by atoms with E-state index < -0.39 is 5.25 Å². The third-order valence-corrected chi connectivity index (χ3v) is 6.03. The second kappa shape index (κ2) is 6.92. The van der Waals surface area contributed by atoms with Crippen molar-refractivity contribution in [1.29, 1.82) is 0 Å². The third kappa shape index (κ3) is 3.31. The van der Waals surface area contributed by atoms with E-state index in [0.29, 0.717) is 29.0 Å². The van der Waals surface area contributed by atoms with Gasteiger partial charge < -0.3 is 14.6 Å². The van der Waals surface area contributed by atoms with Gasteiger partial charge in [-0.2, -0.15) is 0 Å². The van der Waals surface area contributed by atoms with Gasteiger partial charge in [0.25, 0.3) is 0 Å². The van der Waals surface area contributed by atoms with Crippen molar-refractivity contribution in [2.75, 3.05) is 11.9 Å². The zero-order valence-electron chi connectivity index (χ0n) is 14.1. The van der Waals surface area contributed by atoms with Gasteiger partial charge in [-0.05, 0) is 31.0 Å². The quantitative estimate of drug-likeness (QED) is 0.862. The maximum atomic E-state index is 12.8. The number of likely N-dealkylation sites (tertiary alicyclic amines) is 1. The van der Waals surface area contributed by atoms with Crippen molar-refractivity contribution >= 4 is 40.9 Å². The van der Waals surface area contributed by atoms with Crippen LogP contribution >= 0.6 is 23.4 Å². The van der Waals surface area contributed by atoms with Crippen molar-refractivity contribution in [3.63, 3.8) is 0 Å². The minimum atomic E-state index is -0.471. The Morgan fingerprint density at radius 1 is 1.46 bits per heavy atom. The molecule has 26 heavy (non-hydrogen) atoms. The standard InChI is InChI=1S/C17H17ClN4O3S/c1-9-20-21-17(25-9)12-3-2-6-22(12)15(23)8-14-16(24)19-11-7-10(18)4-5-13(11)26-14/h4-5,7,12,14H,2-3,6,8H2,1H3,(H,19,24)/t12-,14+/m1/s1. The number of hydrogen-bond acceptors (Lipinski definition) is 6. The molecule has 7 nitrogen and oxygen atoms in total. The monoisotopic (exact) mass is 392 g/mol. The molecule has 1 fully saturated rings. The molecule has 0 spiro atoms. The average molecular weight is 393 g/mol. The minimum Gasteiger partial charge on any atom is -0.423 e. The molecule has 2 aliphatic rings. The first-order valence-corrected chi connectivity index (χ1v) is 9.63. The van der Waals surface area contributed by atoms with Crippen LogP contribution in [0.25, 0.3) is 0 Å². The van der Waals surface area contributed by atoms with Gasteiger partial charge in [0.2, 0.25) is 23.6 Å². The Morgan fingerprint density at radius 2 is 2.31 bits per heavy atom. The molecule has 2 aliphatic heterocycles. The minimum absolute atomic E-state index is 0.0755. The van der Waals surface area contributed by atoms with E-state index in [1.165, 1.54) is 11.8 Å². The van der Waals surface area contributed by atoms with Crippen LogP contribution in [0.15, 0.2) is 27.5 Å². The zero-order valence-corrected chi connectivity index (χ0v) is 15.6. The SMILES string of the molecule is Cc1nnc([C@H]2CCCN2C(=O)C[C@@H]2Sc3ccc(Cl)cc3NC2=O)o1. The number of amides is 2. The van der Waals surface area contributed by atoms with E-state index in [2.05, 4.69) is 15.5 Å². The van der Waals surface area contributed by atoms with Gasteiger partial charge in [0.05, 0.1) is 10.9 Å². The molecule has 3 heterocycles. The van der Waals surface area contributed by atoms with Gasteiger partial charge in [-0.15, -0.1) is 22.0 Å². The molecule has 136 valence electrons. The topological polar surface area (TPSA) is 88.3 Å². The number of nitrogens with one attached hydrogen (secondary N) is 1. The molecule has 0 radical (unpaired) electrons. The highest BCUT2D eigenvalue weighted by Crippen LogP contribution is 2.39. The zero-order chi connectivity index (χ0) is 18.3. The van der Waals surface area contributed by atoms with Gasteiger partial charge in [0.15, 0.2) is 0 Å². The molecule has 0 aliphatic carbocycles. The fraction of sp³-hybridized carbons (Fsp3) is 0.412. The van der Waals surface area contributed by atoms with E-state index >= 15 is 0 Å². The summed E-state index contributed by atoms with van der Waals surface area (Å²) in [5.74, 6) is 0.696. The number of halogens is 1. The molecule has 9 heteroatoms. The lowest BCUT2D eigenvalue weighted by molar-refractivity contribution is -0.133. The van der Waals surface area contributed by atoms with Crippen LogP contribution in [0.4, 0.5) is 5.69 Å². The highest BCUT2D eigenvalue weighted by molar-refractivity contribution is 8.01. The maximum Gasteiger partial charge on any atom is 0.238 e. The van der Waals surface area contributed by atoms with Gasteiger partial charge >= 0.3 is 0 Å². The second-order valence-electron chi connectivity index (χ2n) is 6.34. The third-order valence-electron chi connectivity index (χ3n) is 4.52. The van der Waals surface area contributed by atoms with Gasteiger partial charge in [0.1, 0.15) is 6.04 Å². The Kier molecular flexibility index (Phi) is 4.62. The van der Waals surface area contributed by atoms with Gasteiger partial charge in [-0.3, -0.25) is 9.59 Å². The molecule has 0 saturated carbocycles. The van der Waals surface area contributed by atoms with Crippen LogP contribution in [0.1, 0.15) is 37.1 Å². The molecule has 4 rings (SSSR count). The van der Waals surface area contributed by atoms with Crippen LogP contribution in [0.3, 0.4) is 0 Å². The number of aryl methyl sites for hydroxylation is 1. The number of aromatic nitrogens is 2. The number of nitrogens with zero attached hydrogens (tertiary/aromatic N) is 3. The molecule has 1 aromatic carbocycles. The van der Waals surface area contributed by atoms with E-state index in [0.717, 1.165) is 17.7 Å². The average Bonchev–Trinajstić information content (AvgIpc) is 3.24. The maximum absolute atomic E-state index is 12.8. The smallest absolute Gasteiger partial charge is 0.238 e. The fourth-order valence-electron chi connectivity index (χ4n) is 3.30. The summed E-state index contributed by atoms with van der Waals surface area (Å²) in [5, 5.41) is 10.8. The summed E-state index contributed by atoms with van der Waals surface area (Å²) in [4.78, 5) is 27.9. The van der Waals surface area contributed by atoms with Crippen LogP contribution in [-0.2, 0) is 9.59 Å². The summed E-state index contributed by atoms with van der Waals surface area (Å²) in [6, 6.07) is 5.15. The van der Waals surface area contributed by atoms with Crippen LogP contribution < -0.4 is 5.32 Å². The van der Waals surface area contributed by atoms with Crippen molar-refractivity contribution < 1.29 is 14.0 Å². The number of thioether (sulfide) groups is 1. The Hall–Kier alpha value is -2.06. The van der Waals surface area contributed by atoms with Crippen molar-refractivity contribution in [2.45, 2.75) is 42.4 Å². The van der Waals surface area contributed by atoms with Crippen molar-refractivity contribution in [3.8, 4) is 0 Å². The molecular formula is C17H17ClN4O3S. The number of rotatable bonds is 3. The molecule has 2 aromatic rings. The lowest BCUT2D eigenvalue weighted by Crippen LogP contribution is -2.37. The Balaban J connectivity index is 1.47. The fourth-order valence-corrected chi connectivity index (χ4v) is 4.56. The summed E-state index contributed by atoms with van der Waals surface area (Å²) in [6.07, 6.45) is 1.80. The van der Waals surface area contributed by atoms with E-state index in [-0.39, 0.29) is 24.3 Å². The highest BCUT2D eigenvalue weighted by atomic mass is 35.5. The summed E-state index contributed by atoms with van der Waals surface area (Å²) in [6.45, 7) is 2.36. The first-order valence-electron chi connectivity index (χ1n) is 8.38. The summed E-state index contributed by atoms with van der Waals surface area (Å²) < 4.78 is 5.50. The molecule has 2 amide bonds. The van der Waals surface area contributed by atoms with Gasteiger partial charge in [-0.1, -0.05) is 11.6 Å². The van der Waals surface area contributed by atoms with Crippen LogP contribution in [0, 0.1) is 6.92 Å². The Bertz CT molecular complexity index is 871. The number of carbonyl (C=O) groups excluding carboxylic acids is 2. The first kappa shape index (κ1) is 17.4. The lowest BCUT2D eigenvalue weighted by atomic mass is 10.2. The van der Waals surface area contributed by atoms with Gasteiger partial charge in [-0.25, -0.2) is 0 Å². The normalized spacial score (nSPS) is 22.2.